The number of hydrogen-bond donors (Lipinski definition) is 0. The summed E-state index contributed by atoms with van der Waals surface area (Å²) in [6, 6.07) is 0.897. The third-order valence-electron chi connectivity index (χ3n) is 3.75. The Balaban J connectivity index is 2.97. The van der Waals surface area contributed by atoms with Gasteiger partial charge in [-0.05, 0) is 6.92 Å². The van der Waals surface area contributed by atoms with Crippen molar-refractivity contribution in [1.29, 1.82) is 0 Å². The lowest BCUT2D eigenvalue weighted by molar-refractivity contribution is -0.394. The number of hydrogen-bond acceptors (Lipinski definition) is 5. The second-order valence-electron chi connectivity index (χ2n) is 5.44. The van der Waals surface area contributed by atoms with Crippen molar-refractivity contribution in [3.8, 4) is 0 Å². The van der Waals surface area contributed by atoms with Gasteiger partial charge >= 0.3 is 6.18 Å². The molecule has 7 nitrogen and oxygen atoms in total. The molecule has 0 saturated carbocycles. The number of anilines is 2. The van der Waals surface area contributed by atoms with Gasteiger partial charge in [-0.3, -0.25) is 20.2 Å². The fourth-order valence-corrected chi connectivity index (χ4v) is 3.00. The second kappa shape index (κ2) is 7.95. The lowest BCUT2D eigenvalue weighted by atomic mass is 10.1. The van der Waals surface area contributed by atoms with Crippen molar-refractivity contribution in [3.63, 3.8) is 0 Å². The zero-order chi connectivity index (χ0) is 22.3. The number of rotatable bonds is 5. The van der Waals surface area contributed by atoms with Gasteiger partial charge in [0.25, 0.3) is 11.4 Å². The number of alkyl halides is 3. The molecule has 0 spiro atoms. The van der Waals surface area contributed by atoms with Gasteiger partial charge in [-0.15, -0.1) is 0 Å². The average Bonchev–Trinajstić information content (AvgIpc) is 2.63. The van der Waals surface area contributed by atoms with E-state index in [4.69, 9.17) is 23.2 Å². The van der Waals surface area contributed by atoms with E-state index in [1.807, 2.05) is 0 Å². The average molecular weight is 460 g/mol. The lowest BCUT2D eigenvalue weighted by Crippen LogP contribution is -2.23. The van der Waals surface area contributed by atoms with Crippen molar-refractivity contribution in [1.82, 2.24) is 0 Å². The molecule has 0 aliphatic carbocycles. The predicted octanol–water partition coefficient (Wildman–Crippen LogP) is 6.26. The van der Waals surface area contributed by atoms with Gasteiger partial charge in [0.15, 0.2) is 5.82 Å². The Morgan fingerprint density at radius 1 is 1.03 bits per heavy atom. The van der Waals surface area contributed by atoms with E-state index in [1.54, 1.807) is 0 Å². The molecule has 0 N–H and O–H groups in total. The molecule has 29 heavy (non-hydrogen) atoms. The van der Waals surface area contributed by atoms with Crippen LogP contribution < -0.4 is 4.90 Å². The van der Waals surface area contributed by atoms with E-state index in [1.165, 1.54) is 6.92 Å². The highest BCUT2D eigenvalue weighted by Gasteiger charge is 2.42. The summed E-state index contributed by atoms with van der Waals surface area (Å²) in [6.45, 7) is 0.758. The summed E-state index contributed by atoms with van der Waals surface area (Å²) in [5, 5.41) is 20.4. The monoisotopic (exact) mass is 459 g/mol. The molecule has 156 valence electrons. The topological polar surface area (TPSA) is 89.5 Å². The van der Waals surface area contributed by atoms with E-state index in [0.29, 0.717) is 17.0 Å². The Morgan fingerprint density at radius 2 is 1.62 bits per heavy atom. The third kappa shape index (κ3) is 4.17. The molecule has 0 heterocycles. The van der Waals surface area contributed by atoms with E-state index in [9.17, 15) is 42.2 Å². The summed E-state index contributed by atoms with van der Waals surface area (Å²) < 4.78 is 68.7. The highest BCUT2D eigenvalue weighted by atomic mass is 35.5. The van der Waals surface area contributed by atoms with E-state index in [0.717, 1.165) is 0 Å². The van der Waals surface area contributed by atoms with Crippen LogP contribution in [-0.4, -0.2) is 16.4 Å². The van der Waals surface area contributed by atoms with Crippen LogP contribution in [0.1, 0.15) is 12.5 Å². The predicted molar refractivity (Wildman–Crippen MR) is 93.8 cm³/mol. The van der Waals surface area contributed by atoms with E-state index < -0.39 is 72.6 Å². The van der Waals surface area contributed by atoms with Crippen LogP contribution in [0.2, 0.25) is 10.0 Å². The zero-order valence-corrected chi connectivity index (χ0v) is 15.6. The van der Waals surface area contributed by atoms with Crippen LogP contribution in [-0.2, 0) is 6.18 Å². The van der Waals surface area contributed by atoms with Crippen LogP contribution in [0, 0.1) is 31.9 Å². The van der Waals surface area contributed by atoms with Gasteiger partial charge in [-0.2, -0.15) is 13.2 Å². The molecule has 0 bridgehead atoms. The summed E-state index contributed by atoms with van der Waals surface area (Å²) >= 11 is 11.1. The summed E-state index contributed by atoms with van der Waals surface area (Å²) in [5.74, 6) is -2.86. The van der Waals surface area contributed by atoms with Crippen LogP contribution in [0.5, 0.6) is 0 Å². The van der Waals surface area contributed by atoms with Gasteiger partial charge in [-0.25, -0.2) is 8.78 Å². The minimum Gasteiger partial charge on any atom is -0.334 e. The molecule has 0 aromatic heterocycles. The van der Waals surface area contributed by atoms with Gasteiger partial charge in [0.1, 0.15) is 21.5 Å². The van der Waals surface area contributed by atoms with Gasteiger partial charge in [0, 0.05) is 18.7 Å². The SMILES string of the molecule is CCN(c1cc(F)c(Cl)c(F)c1Cl)c1c([N+](=O)[O-])cc([N+](=O)[O-])cc1C(F)(F)F. The molecule has 0 fully saturated rings. The number of benzene rings is 2. The fourth-order valence-electron chi connectivity index (χ4n) is 2.55. The highest BCUT2D eigenvalue weighted by Crippen LogP contribution is 2.48. The van der Waals surface area contributed by atoms with Crippen LogP contribution in [0.4, 0.5) is 44.7 Å². The quantitative estimate of drug-likeness (QED) is 0.173. The molecule has 0 radical (unpaired) electrons. The molecule has 2 aromatic carbocycles. The maximum absolute atomic E-state index is 14.1. The molecule has 0 aliphatic rings. The third-order valence-corrected chi connectivity index (χ3v) is 4.45. The molecular weight excluding hydrogens is 452 g/mol. The summed E-state index contributed by atoms with van der Waals surface area (Å²) in [5.41, 5.74) is -6.11. The number of nitro groups is 2. The molecule has 0 unspecified atom stereocenters. The first-order valence-electron chi connectivity index (χ1n) is 7.45. The van der Waals surface area contributed by atoms with Crippen LogP contribution in [0.3, 0.4) is 0 Å². The Kier molecular flexibility index (Phi) is 6.18. The van der Waals surface area contributed by atoms with E-state index in [-0.39, 0.29) is 6.07 Å². The normalized spacial score (nSPS) is 11.4. The standard InChI is InChI=1S/C15H8Cl2F5N3O4/c1-2-23(9-5-8(18)11(16)13(19)12(9)17)14-7(15(20,21)22)3-6(24(26)27)4-10(14)25(28)29/h3-5H,2H2,1H3. The largest absolute Gasteiger partial charge is 0.418 e. The van der Waals surface area contributed by atoms with Crippen LogP contribution >= 0.6 is 23.2 Å². The maximum atomic E-state index is 14.1. The second-order valence-corrected chi connectivity index (χ2v) is 6.19. The molecule has 0 amide bonds. The fraction of sp³-hybridized carbons (Fsp3) is 0.200. The molecule has 14 heteroatoms. The van der Waals surface area contributed by atoms with Gasteiger partial charge in [-0.1, -0.05) is 23.2 Å². The number of halogens is 7. The molecule has 2 aromatic rings. The van der Waals surface area contributed by atoms with Gasteiger partial charge < -0.3 is 4.90 Å². The van der Waals surface area contributed by atoms with Crippen molar-refractivity contribution >= 4 is 46.0 Å². The summed E-state index contributed by atoms with van der Waals surface area (Å²) in [6.07, 6.45) is -5.28. The number of nitro benzene ring substituents is 2. The maximum Gasteiger partial charge on any atom is 0.418 e. The van der Waals surface area contributed by atoms with E-state index >= 15 is 0 Å². The Labute approximate surface area is 168 Å². The van der Waals surface area contributed by atoms with E-state index in [2.05, 4.69) is 0 Å². The van der Waals surface area contributed by atoms with Gasteiger partial charge in [0.2, 0.25) is 0 Å². The number of nitrogens with zero attached hydrogens (tertiary/aromatic N) is 3. The molecular formula is C15H8Cl2F5N3O4. The molecule has 0 saturated heterocycles. The number of non-ortho nitro benzene ring substituents is 1. The van der Waals surface area contributed by atoms with Crippen molar-refractivity contribution in [2.24, 2.45) is 0 Å². The zero-order valence-electron chi connectivity index (χ0n) is 14.1. The Bertz CT molecular complexity index is 1020. The van der Waals surface area contributed by atoms with Crippen molar-refractivity contribution in [2.75, 3.05) is 11.4 Å². The van der Waals surface area contributed by atoms with Crippen LogP contribution in [0.15, 0.2) is 18.2 Å². The molecule has 2 rings (SSSR count). The Hall–Kier alpha value is -2.73. The minimum atomic E-state index is -5.28. The minimum absolute atomic E-state index is 0.0849. The first kappa shape index (κ1) is 22.6. The van der Waals surface area contributed by atoms with Crippen molar-refractivity contribution in [2.45, 2.75) is 13.1 Å². The lowest BCUT2D eigenvalue weighted by Gasteiger charge is -2.27. The first-order valence-corrected chi connectivity index (χ1v) is 8.21. The van der Waals surface area contributed by atoms with Crippen molar-refractivity contribution in [3.05, 3.63) is 65.7 Å². The molecule has 0 aliphatic heterocycles. The molecule has 0 atom stereocenters. The van der Waals surface area contributed by atoms with Crippen LogP contribution in [0.25, 0.3) is 0 Å². The smallest absolute Gasteiger partial charge is 0.334 e. The van der Waals surface area contributed by atoms with Gasteiger partial charge in [0.05, 0.1) is 27.2 Å². The Morgan fingerprint density at radius 3 is 2.07 bits per heavy atom. The summed E-state index contributed by atoms with van der Waals surface area (Å²) in [7, 11) is 0. The highest BCUT2D eigenvalue weighted by molar-refractivity contribution is 6.36. The van der Waals surface area contributed by atoms with Crippen molar-refractivity contribution < 1.29 is 31.8 Å². The summed E-state index contributed by atoms with van der Waals surface area (Å²) in [4.78, 5) is 20.3. The first-order chi connectivity index (χ1) is 13.3.